The van der Waals surface area contributed by atoms with E-state index in [-0.39, 0.29) is 11.5 Å². The van der Waals surface area contributed by atoms with Crippen LogP contribution >= 0.6 is 15.9 Å². The van der Waals surface area contributed by atoms with Gasteiger partial charge in [0.25, 0.3) is 0 Å². The number of hydrogen-bond donors (Lipinski definition) is 1. The number of rotatable bonds is 2. The van der Waals surface area contributed by atoms with Crippen molar-refractivity contribution in [3.8, 4) is 11.5 Å². The van der Waals surface area contributed by atoms with E-state index in [1.165, 1.54) is 6.20 Å². The molecular formula is C11H5BrF3N3O2. The summed E-state index contributed by atoms with van der Waals surface area (Å²) >= 11 is 3.12. The van der Waals surface area contributed by atoms with Crippen molar-refractivity contribution in [3.05, 3.63) is 40.3 Å². The summed E-state index contributed by atoms with van der Waals surface area (Å²) in [7, 11) is 0. The molecule has 0 aliphatic carbocycles. The first-order chi connectivity index (χ1) is 9.30. The number of carboxylic acid groups (broad SMARTS) is 1. The van der Waals surface area contributed by atoms with Gasteiger partial charge in [-0.05, 0) is 28.1 Å². The average Bonchev–Trinajstić information content (AvgIpc) is 2.37. The van der Waals surface area contributed by atoms with Crippen LogP contribution in [0.2, 0.25) is 0 Å². The summed E-state index contributed by atoms with van der Waals surface area (Å²) in [4.78, 5) is 21.5. The first-order valence-electron chi connectivity index (χ1n) is 5.09. The molecule has 9 heteroatoms. The zero-order chi connectivity index (χ0) is 14.9. The second-order valence-electron chi connectivity index (χ2n) is 3.59. The first-order valence-corrected chi connectivity index (χ1v) is 5.88. The molecule has 0 amide bonds. The molecule has 0 fully saturated rings. The molecule has 104 valence electrons. The molecule has 2 rings (SSSR count). The summed E-state index contributed by atoms with van der Waals surface area (Å²) in [5, 5.41) is 8.74. The SMILES string of the molecule is O=C(O)c1cnc(-c2ncccc2Br)nc1C(F)(F)F. The van der Waals surface area contributed by atoms with Crippen LogP contribution in [0.15, 0.2) is 29.0 Å². The monoisotopic (exact) mass is 347 g/mol. The highest BCUT2D eigenvalue weighted by Gasteiger charge is 2.38. The van der Waals surface area contributed by atoms with Crippen molar-refractivity contribution in [2.24, 2.45) is 0 Å². The summed E-state index contributed by atoms with van der Waals surface area (Å²) < 4.78 is 38.9. The van der Waals surface area contributed by atoms with E-state index in [0.29, 0.717) is 10.7 Å². The number of carbonyl (C=O) groups is 1. The molecule has 0 unspecified atom stereocenters. The molecule has 0 aliphatic rings. The van der Waals surface area contributed by atoms with E-state index in [4.69, 9.17) is 5.11 Å². The van der Waals surface area contributed by atoms with Crippen molar-refractivity contribution in [3.63, 3.8) is 0 Å². The van der Waals surface area contributed by atoms with Gasteiger partial charge in [-0.1, -0.05) is 0 Å². The lowest BCUT2D eigenvalue weighted by atomic mass is 10.2. The second-order valence-corrected chi connectivity index (χ2v) is 4.45. The Kier molecular flexibility index (Phi) is 3.71. The zero-order valence-electron chi connectivity index (χ0n) is 9.52. The van der Waals surface area contributed by atoms with Gasteiger partial charge in [0.1, 0.15) is 11.3 Å². The van der Waals surface area contributed by atoms with Gasteiger partial charge in [-0.3, -0.25) is 4.98 Å². The topological polar surface area (TPSA) is 76.0 Å². The minimum absolute atomic E-state index is 0.0925. The largest absolute Gasteiger partial charge is 0.478 e. The Morgan fingerprint density at radius 3 is 2.55 bits per heavy atom. The molecular weight excluding hydrogens is 343 g/mol. The molecule has 2 aromatic rings. The summed E-state index contributed by atoms with van der Waals surface area (Å²) in [5.74, 6) is -2.06. The van der Waals surface area contributed by atoms with Crippen LogP contribution in [0.5, 0.6) is 0 Å². The van der Waals surface area contributed by atoms with Crippen molar-refractivity contribution in [1.29, 1.82) is 0 Å². The molecule has 0 spiro atoms. The zero-order valence-corrected chi connectivity index (χ0v) is 11.1. The standard InChI is InChI=1S/C11H5BrF3N3O2/c12-6-2-1-3-16-7(6)9-17-4-5(10(19)20)8(18-9)11(13,14)15/h1-4H,(H,19,20). The van der Waals surface area contributed by atoms with Crippen LogP contribution in [-0.4, -0.2) is 26.0 Å². The van der Waals surface area contributed by atoms with Gasteiger partial charge >= 0.3 is 12.1 Å². The van der Waals surface area contributed by atoms with Gasteiger partial charge in [0, 0.05) is 16.9 Å². The van der Waals surface area contributed by atoms with E-state index in [2.05, 4.69) is 30.9 Å². The summed E-state index contributed by atoms with van der Waals surface area (Å²) in [6.07, 6.45) is -2.91. The van der Waals surface area contributed by atoms with E-state index in [1.807, 2.05) is 0 Å². The number of aromatic carboxylic acids is 1. The van der Waals surface area contributed by atoms with Gasteiger partial charge in [-0.15, -0.1) is 0 Å². The lowest BCUT2D eigenvalue weighted by Gasteiger charge is -2.10. The molecule has 20 heavy (non-hydrogen) atoms. The Morgan fingerprint density at radius 1 is 1.30 bits per heavy atom. The van der Waals surface area contributed by atoms with Crippen LogP contribution in [0.1, 0.15) is 16.1 Å². The normalized spacial score (nSPS) is 11.4. The summed E-state index contributed by atoms with van der Waals surface area (Å²) in [6, 6.07) is 3.13. The van der Waals surface area contributed by atoms with Gasteiger partial charge < -0.3 is 5.11 Å². The van der Waals surface area contributed by atoms with E-state index in [1.54, 1.807) is 12.1 Å². The van der Waals surface area contributed by atoms with Crippen molar-refractivity contribution in [2.45, 2.75) is 6.18 Å². The lowest BCUT2D eigenvalue weighted by molar-refractivity contribution is -0.141. The van der Waals surface area contributed by atoms with E-state index in [9.17, 15) is 18.0 Å². The molecule has 0 saturated carbocycles. The number of halogens is 4. The van der Waals surface area contributed by atoms with Gasteiger partial charge in [0.15, 0.2) is 11.5 Å². The highest BCUT2D eigenvalue weighted by Crippen LogP contribution is 2.32. The average molecular weight is 348 g/mol. The molecule has 0 aromatic carbocycles. The summed E-state index contributed by atoms with van der Waals surface area (Å²) in [5.41, 5.74) is -2.42. The van der Waals surface area contributed by atoms with Crippen LogP contribution < -0.4 is 0 Å². The van der Waals surface area contributed by atoms with Crippen molar-refractivity contribution in [1.82, 2.24) is 15.0 Å². The number of aromatic nitrogens is 3. The maximum absolute atomic E-state index is 12.8. The van der Waals surface area contributed by atoms with Gasteiger partial charge in [-0.2, -0.15) is 13.2 Å². The quantitative estimate of drug-likeness (QED) is 0.903. The fraction of sp³-hybridized carbons (Fsp3) is 0.0909. The predicted molar refractivity (Wildman–Crippen MR) is 64.9 cm³/mol. The maximum Gasteiger partial charge on any atom is 0.434 e. The fourth-order valence-corrected chi connectivity index (χ4v) is 1.85. The van der Waals surface area contributed by atoms with Crippen molar-refractivity contribution in [2.75, 3.05) is 0 Å². The van der Waals surface area contributed by atoms with E-state index in [0.717, 1.165) is 0 Å². The fourth-order valence-electron chi connectivity index (χ4n) is 1.42. The molecule has 0 atom stereocenters. The number of pyridine rings is 1. The second kappa shape index (κ2) is 5.16. The van der Waals surface area contributed by atoms with Gasteiger partial charge in [0.2, 0.25) is 0 Å². The Labute approximate surface area is 118 Å². The molecule has 0 aliphatic heterocycles. The smallest absolute Gasteiger partial charge is 0.434 e. The third kappa shape index (κ3) is 2.77. The number of carboxylic acids is 1. The highest BCUT2D eigenvalue weighted by molar-refractivity contribution is 9.10. The van der Waals surface area contributed by atoms with Crippen LogP contribution in [0.25, 0.3) is 11.5 Å². The molecule has 0 radical (unpaired) electrons. The minimum atomic E-state index is -4.90. The van der Waals surface area contributed by atoms with Crippen LogP contribution in [-0.2, 0) is 6.18 Å². The number of hydrogen-bond acceptors (Lipinski definition) is 4. The third-order valence-electron chi connectivity index (χ3n) is 2.26. The highest BCUT2D eigenvalue weighted by atomic mass is 79.9. The molecule has 1 N–H and O–H groups in total. The van der Waals surface area contributed by atoms with Crippen LogP contribution in [0, 0.1) is 0 Å². The molecule has 0 bridgehead atoms. The Balaban J connectivity index is 2.65. The predicted octanol–water partition coefficient (Wildman–Crippen LogP) is 3.02. The maximum atomic E-state index is 12.8. The van der Waals surface area contributed by atoms with Crippen LogP contribution in [0.4, 0.5) is 13.2 Å². The molecule has 5 nitrogen and oxygen atoms in total. The van der Waals surface area contributed by atoms with Gasteiger partial charge in [0.05, 0.1) is 0 Å². The van der Waals surface area contributed by atoms with Crippen molar-refractivity contribution >= 4 is 21.9 Å². The number of alkyl halides is 3. The minimum Gasteiger partial charge on any atom is -0.478 e. The molecule has 2 heterocycles. The number of nitrogens with zero attached hydrogens (tertiary/aromatic N) is 3. The Hall–Kier alpha value is -2.03. The summed E-state index contributed by atoms with van der Waals surface area (Å²) in [6.45, 7) is 0. The molecule has 2 aromatic heterocycles. The van der Waals surface area contributed by atoms with Crippen LogP contribution in [0.3, 0.4) is 0 Å². The van der Waals surface area contributed by atoms with Crippen molar-refractivity contribution < 1.29 is 23.1 Å². The third-order valence-corrected chi connectivity index (χ3v) is 2.90. The van der Waals surface area contributed by atoms with E-state index >= 15 is 0 Å². The first kappa shape index (κ1) is 14.4. The van der Waals surface area contributed by atoms with Gasteiger partial charge in [-0.25, -0.2) is 14.8 Å². The van der Waals surface area contributed by atoms with E-state index < -0.39 is 23.4 Å². The lowest BCUT2D eigenvalue weighted by Crippen LogP contribution is -2.17. The molecule has 0 saturated heterocycles. The Bertz CT molecular complexity index is 676. The Morgan fingerprint density at radius 2 is 2.00 bits per heavy atom.